The maximum atomic E-state index is 12.1. The van der Waals surface area contributed by atoms with Crippen LogP contribution in [0.2, 0.25) is 5.02 Å². The van der Waals surface area contributed by atoms with Gasteiger partial charge in [-0.3, -0.25) is 4.79 Å². The molecule has 0 aliphatic carbocycles. The molecule has 1 aliphatic rings. The van der Waals surface area contributed by atoms with E-state index in [1.165, 1.54) is 0 Å². The molecule has 0 radical (unpaired) electrons. The fraction of sp³-hybridized carbons (Fsp3) is 0.462. The zero-order valence-electron chi connectivity index (χ0n) is 10.2. The molecule has 18 heavy (non-hydrogen) atoms. The van der Waals surface area contributed by atoms with E-state index in [1.54, 1.807) is 6.07 Å². The first-order chi connectivity index (χ1) is 8.58. The number of carbonyl (C=O) groups excluding carboxylic acids is 1. The number of benzene rings is 1. The third-order valence-electron chi connectivity index (χ3n) is 3.28. The van der Waals surface area contributed by atoms with Gasteiger partial charge in [0.15, 0.2) is 0 Å². The first kappa shape index (κ1) is 14.1. The summed E-state index contributed by atoms with van der Waals surface area (Å²) < 4.78 is 0.959. The molecule has 2 unspecified atom stereocenters. The number of carbonyl (C=O) groups is 1. The Hall–Kier alpha value is -0.330. The molecule has 1 saturated heterocycles. The highest BCUT2D eigenvalue weighted by molar-refractivity contribution is 14.1. The Kier molecular flexibility index (Phi) is 4.86. The highest BCUT2D eigenvalue weighted by atomic mass is 127. The normalized spacial score (nSPS) is 23.7. The van der Waals surface area contributed by atoms with Gasteiger partial charge in [-0.05, 0) is 66.2 Å². The van der Waals surface area contributed by atoms with Crippen LogP contribution in [0.4, 0.5) is 0 Å². The van der Waals surface area contributed by atoms with E-state index in [1.807, 2.05) is 12.1 Å². The molecular formula is C13H16ClIN2O. The SMILES string of the molecule is CC1CNCCC1NC(=O)c1ccc(I)c(Cl)c1. The number of halogens is 2. The molecular weight excluding hydrogens is 363 g/mol. The Balaban J connectivity index is 2.04. The van der Waals surface area contributed by atoms with Crippen LogP contribution in [0.25, 0.3) is 0 Å². The molecule has 2 rings (SSSR count). The molecule has 1 fully saturated rings. The van der Waals surface area contributed by atoms with Gasteiger partial charge in [0.25, 0.3) is 5.91 Å². The molecule has 0 aromatic heterocycles. The third kappa shape index (κ3) is 3.36. The van der Waals surface area contributed by atoms with Gasteiger partial charge in [-0.1, -0.05) is 18.5 Å². The van der Waals surface area contributed by atoms with Gasteiger partial charge in [0.05, 0.1) is 5.02 Å². The Labute approximate surface area is 126 Å². The molecule has 3 nitrogen and oxygen atoms in total. The second-order valence-electron chi connectivity index (χ2n) is 4.68. The zero-order valence-corrected chi connectivity index (χ0v) is 13.1. The predicted octanol–water partition coefficient (Wildman–Crippen LogP) is 2.67. The van der Waals surface area contributed by atoms with Gasteiger partial charge in [-0.25, -0.2) is 0 Å². The third-order valence-corrected chi connectivity index (χ3v) is 4.86. The summed E-state index contributed by atoms with van der Waals surface area (Å²) in [7, 11) is 0. The molecule has 0 spiro atoms. The Morgan fingerprint density at radius 2 is 2.33 bits per heavy atom. The lowest BCUT2D eigenvalue weighted by atomic mass is 9.95. The molecule has 2 atom stereocenters. The standard InChI is InChI=1S/C13H16ClIN2O/c1-8-7-16-5-4-12(8)17-13(18)9-2-3-11(15)10(14)6-9/h2-3,6,8,12,16H,4-5,7H2,1H3,(H,17,18). The molecule has 2 N–H and O–H groups in total. The van der Waals surface area contributed by atoms with Crippen LogP contribution < -0.4 is 10.6 Å². The van der Waals surface area contributed by atoms with Crippen molar-refractivity contribution in [2.45, 2.75) is 19.4 Å². The molecule has 0 bridgehead atoms. The quantitative estimate of drug-likeness (QED) is 0.777. The number of hydrogen-bond acceptors (Lipinski definition) is 2. The number of amides is 1. The topological polar surface area (TPSA) is 41.1 Å². The van der Waals surface area contributed by atoms with E-state index in [2.05, 4.69) is 40.1 Å². The Morgan fingerprint density at radius 1 is 1.56 bits per heavy atom. The molecule has 1 aliphatic heterocycles. The minimum atomic E-state index is -0.0351. The van der Waals surface area contributed by atoms with Crippen molar-refractivity contribution in [3.63, 3.8) is 0 Å². The van der Waals surface area contributed by atoms with E-state index in [0.29, 0.717) is 16.5 Å². The monoisotopic (exact) mass is 378 g/mol. The van der Waals surface area contributed by atoms with E-state index < -0.39 is 0 Å². The van der Waals surface area contributed by atoms with Crippen LogP contribution in [-0.2, 0) is 0 Å². The average Bonchev–Trinajstić information content (AvgIpc) is 2.35. The maximum Gasteiger partial charge on any atom is 0.251 e. The number of hydrogen-bond donors (Lipinski definition) is 2. The lowest BCUT2D eigenvalue weighted by molar-refractivity contribution is 0.0914. The second kappa shape index (κ2) is 6.21. The molecule has 98 valence electrons. The minimum Gasteiger partial charge on any atom is -0.349 e. The first-order valence-corrected chi connectivity index (χ1v) is 7.50. The van der Waals surface area contributed by atoms with Crippen LogP contribution in [0.5, 0.6) is 0 Å². The summed E-state index contributed by atoms with van der Waals surface area (Å²) in [5.41, 5.74) is 0.631. The summed E-state index contributed by atoms with van der Waals surface area (Å²) in [4.78, 5) is 12.1. The van der Waals surface area contributed by atoms with Gasteiger partial charge in [0.2, 0.25) is 0 Å². The highest BCUT2D eigenvalue weighted by Crippen LogP contribution is 2.20. The fourth-order valence-corrected chi connectivity index (χ4v) is 2.63. The molecule has 1 amide bonds. The van der Waals surface area contributed by atoms with Crippen LogP contribution in [0.15, 0.2) is 18.2 Å². The van der Waals surface area contributed by atoms with Crippen LogP contribution in [0.3, 0.4) is 0 Å². The summed E-state index contributed by atoms with van der Waals surface area (Å²) in [6.07, 6.45) is 0.977. The minimum absolute atomic E-state index is 0.0351. The summed E-state index contributed by atoms with van der Waals surface area (Å²) in [5, 5.41) is 7.04. The van der Waals surface area contributed by atoms with Crippen LogP contribution in [-0.4, -0.2) is 25.0 Å². The molecule has 5 heteroatoms. The molecule has 1 aromatic carbocycles. The van der Waals surface area contributed by atoms with E-state index in [0.717, 1.165) is 23.1 Å². The van der Waals surface area contributed by atoms with Crippen molar-refractivity contribution in [1.29, 1.82) is 0 Å². The van der Waals surface area contributed by atoms with Gasteiger partial charge in [-0.2, -0.15) is 0 Å². The van der Waals surface area contributed by atoms with E-state index in [-0.39, 0.29) is 11.9 Å². The molecule has 0 saturated carbocycles. The average molecular weight is 379 g/mol. The first-order valence-electron chi connectivity index (χ1n) is 6.04. The number of nitrogens with one attached hydrogen (secondary N) is 2. The van der Waals surface area contributed by atoms with Crippen LogP contribution in [0, 0.1) is 9.49 Å². The fourth-order valence-electron chi connectivity index (χ4n) is 2.12. The second-order valence-corrected chi connectivity index (χ2v) is 6.25. The van der Waals surface area contributed by atoms with Crippen molar-refractivity contribution >= 4 is 40.1 Å². The van der Waals surface area contributed by atoms with Crippen molar-refractivity contribution in [3.05, 3.63) is 32.4 Å². The van der Waals surface area contributed by atoms with Gasteiger partial charge in [0.1, 0.15) is 0 Å². The van der Waals surface area contributed by atoms with E-state index in [4.69, 9.17) is 11.6 Å². The number of rotatable bonds is 2. The largest absolute Gasteiger partial charge is 0.349 e. The van der Waals surface area contributed by atoms with Crippen molar-refractivity contribution in [2.24, 2.45) is 5.92 Å². The molecule has 1 heterocycles. The van der Waals surface area contributed by atoms with Crippen LogP contribution in [0.1, 0.15) is 23.7 Å². The summed E-state index contributed by atoms with van der Waals surface area (Å²) in [6, 6.07) is 5.65. The van der Waals surface area contributed by atoms with E-state index >= 15 is 0 Å². The Bertz CT molecular complexity index is 453. The van der Waals surface area contributed by atoms with Gasteiger partial charge < -0.3 is 10.6 Å². The van der Waals surface area contributed by atoms with Gasteiger partial charge in [-0.15, -0.1) is 0 Å². The highest BCUT2D eigenvalue weighted by Gasteiger charge is 2.23. The summed E-state index contributed by atoms with van der Waals surface area (Å²) >= 11 is 8.18. The zero-order chi connectivity index (χ0) is 13.1. The lowest BCUT2D eigenvalue weighted by Crippen LogP contribution is -2.48. The number of piperidine rings is 1. The van der Waals surface area contributed by atoms with Gasteiger partial charge in [0, 0.05) is 15.2 Å². The van der Waals surface area contributed by atoms with Crippen molar-refractivity contribution in [1.82, 2.24) is 10.6 Å². The van der Waals surface area contributed by atoms with Crippen molar-refractivity contribution < 1.29 is 4.79 Å². The van der Waals surface area contributed by atoms with Crippen molar-refractivity contribution in [2.75, 3.05) is 13.1 Å². The Morgan fingerprint density at radius 3 is 3.00 bits per heavy atom. The summed E-state index contributed by atoms with van der Waals surface area (Å²) in [5.74, 6) is 0.425. The van der Waals surface area contributed by atoms with Gasteiger partial charge >= 0.3 is 0 Å². The molecule has 1 aromatic rings. The van der Waals surface area contributed by atoms with Crippen molar-refractivity contribution in [3.8, 4) is 0 Å². The lowest BCUT2D eigenvalue weighted by Gasteiger charge is -2.30. The van der Waals surface area contributed by atoms with Crippen LogP contribution >= 0.6 is 34.2 Å². The predicted molar refractivity (Wildman–Crippen MR) is 82.1 cm³/mol. The summed E-state index contributed by atoms with van der Waals surface area (Å²) in [6.45, 7) is 4.07. The maximum absolute atomic E-state index is 12.1. The van der Waals surface area contributed by atoms with E-state index in [9.17, 15) is 4.79 Å². The smallest absolute Gasteiger partial charge is 0.251 e.